The number of likely N-dealkylation sites (N-methyl/N-ethyl adjacent to an activating group) is 1. The number of carbonyl (C=O) groups is 2. The van der Waals surface area contributed by atoms with Gasteiger partial charge in [0.05, 0.1) is 27.7 Å². The largest absolute Gasteiger partial charge is 0.756 e. The van der Waals surface area contributed by atoms with Crippen LogP contribution in [0.15, 0.2) is 72.9 Å². The van der Waals surface area contributed by atoms with Gasteiger partial charge in [0.1, 0.15) is 19.8 Å². The Hall–Kier alpha value is -2.55. The summed E-state index contributed by atoms with van der Waals surface area (Å²) in [6.07, 6.45) is 42.2. The molecule has 0 N–H and O–H groups in total. The standard InChI is InChI=1S/C43H74NO8P/c1-6-8-10-12-14-16-18-20-21-22-23-24-26-28-30-32-34-36-43(46)52-41(40-51-53(47,48)50-38-37-44(3,4)5)39-49-42(45)35-33-31-29-27-25-19-17-15-13-11-9-7-2/h8,10,14-17,20-21,23-24,28,30,41H,6-7,9,11-13,18-19,22,25-27,29,31-40H2,1-5H3/b10-8+,16-14+,17-15+,21-20+,24-23+,30-28+/t41-/m1/s1. The second-order valence-electron chi connectivity index (χ2n) is 14.3. The van der Waals surface area contributed by atoms with Crippen LogP contribution in [0.1, 0.15) is 136 Å². The maximum Gasteiger partial charge on any atom is 0.306 e. The summed E-state index contributed by atoms with van der Waals surface area (Å²) in [4.78, 5) is 37.4. The van der Waals surface area contributed by atoms with Crippen molar-refractivity contribution < 1.29 is 42.1 Å². The van der Waals surface area contributed by atoms with Crippen molar-refractivity contribution in [3.63, 3.8) is 0 Å². The Balaban J connectivity index is 4.55. The van der Waals surface area contributed by atoms with E-state index in [9.17, 15) is 19.0 Å². The molecule has 0 spiro atoms. The molecule has 0 fully saturated rings. The highest BCUT2D eigenvalue weighted by molar-refractivity contribution is 7.45. The Kier molecular flexibility index (Phi) is 33.5. The number of esters is 2. The van der Waals surface area contributed by atoms with Gasteiger partial charge in [0.15, 0.2) is 6.10 Å². The Morgan fingerprint density at radius 3 is 1.68 bits per heavy atom. The minimum Gasteiger partial charge on any atom is -0.756 e. The summed E-state index contributed by atoms with van der Waals surface area (Å²) < 4.78 is 33.7. The molecule has 9 nitrogen and oxygen atoms in total. The number of hydrogen-bond acceptors (Lipinski definition) is 8. The molecule has 0 aliphatic heterocycles. The number of nitrogens with zero attached hydrogens (tertiary/aromatic N) is 1. The zero-order chi connectivity index (χ0) is 39.3. The number of phosphoric ester groups is 1. The number of allylic oxidation sites excluding steroid dienone is 12. The van der Waals surface area contributed by atoms with Gasteiger partial charge < -0.3 is 27.9 Å². The summed E-state index contributed by atoms with van der Waals surface area (Å²) in [5.74, 6) is -0.923. The Morgan fingerprint density at radius 2 is 1.09 bits per heavy atom. The molecule has 0 aromatic carbocycles. The van der Waals surface area contributed by atoms with Gasteiger partial charge in [0, 0.05) is 12.8 Å². The van der Waals surface area contributed by atoms with Crippen molar-refractivity contribution >= 4 is 19.8 Å². The van der Waals surface area contributed by atoms with Gasteiger partial charge in [-0.05, 0) is 77.0 Å². The molecular weight excluding hydrogens is 689 g/mol. The lowest BCUT2D eigenvalue weighted by atomic mass is 10.1. The summed E-state index contributed by atoms with van der Waals surface area (Å²) in [5, 5.41) is 0. The molecule has 1 unspecified atom stereocenters. The van der Waals surface area contributed by atoms with E-state index in [1.165, 1.54) is 19.3 Å². The second kappa shape index (κ2) is 35.2. The van der Waals surface area contributed by atoms with E-state index in [0.29, 0.717) is 30.3 Å². The van der Waals surface area contributed by atoms with E-state index in [0.717, 1.165) is 70.6 Å². The zero-order valence-corrected chi connectivity index (χ0v) is 34.8. The molecule has 0 aliphatic carbocycles. The summed E-state index contributed by atoms with van der Waals surface area (Å²) in [5.41, 5.74) is 0. The average Bonchev–Trinajstić information content (AvgIpc) is 3.10. The molecule has 0 saturated carbocycles. The lowest BCUT2D eigenvalue weighted by molar-refractivity contribution is -0.870. The minimum absolute atomic E-state index is 0.0464. The van der Waals surface area contributed by atoms with Crippen LogP contribution in [0, 0.1) is 0 Å². The topological polar surface area (TPSA) is 111 Å². The Labute approximate surface area is 323 Å². The van der Waals surface area contributed by atoms with Crippen LogP contribution in [0.25, 0.3) is 0 Å². The number of rotatable bonds is 35. The van der Waals surface area contributed by atoms with Gasteiger partial charge in [0.2, 0.25) is 0 Å². The van der Waals surface area contributed by atoms with Crippen molar-refractivity contribution in [1.29, 1.82) is 0 Å². The van der Waals surface area contributed by atoms with E-state index in [-0.39, 0.29) is 26.1 Å². The van der Waals surface area contributed by atoms with Gasteiger partial charge in [0.25, 0.3) is 7.82 Å². The molecular formula is C43H74NO8P. The number of quaternary nitrogens is 1. The molecule has 53 heavy (non-hydrogen) atoms. The van der Waals surface area contributed by atoms with Gasteiger partial charge in [-0.3, -0.25) is 14.2 Å². The molecule has 0 aliphatic rings. The van der Waals surface area contributed by atoms with Crippen molar-refractivity contribution in [1.82, 2.24) is 0 Å². The maximum absolute atomic E-state index is 12.6. The van der Waals surface area contributed by atoms with E-state index in [4.69, 9.17) is 18.5 Å². The van der Waals surface area contributed by atoms with Gasteiger partial charge in [-0.25, -0.2) is 0 Å². The van der Waals surface area contributed by atoms with Gasteiger partial charge in [-0.15, -0.1) is 0 Å². The van der Waals surface area contributed by atoms with Crippen LogP contribution < -0.4 is 4.89 Å². The first-order chi connectivity index (χ1) is 25.5. The molecule has 0 saturated heterocycles. The Morgan fingerprint density at radius 1 is 0.604 bits per heavy atom. The first kappa shape index (κ1) is 50.5. The van der Waals surface area contributed by atoms with Crippen LogP contribution in [-0.2, 0) is 32.7 Å². The molecule has 0 aromatic heterocycles. The summed E-state index contributed by atoms with van der Waals surface area (Å²) >= 11 is 0. The molecule has 304 valence electrons. The van der Waals surface area contributed by atoms with E-state index in [2.05, 4.69) is 80.7 Å². The molecule has 0 radical (unpaired) electrons. The highest BCUT2D eigenvalue weighted by Crippen LogP contribution is 2.38. The number of phosphoric acid groups is 1. The van der Waals surface area contributed by atoms with Gasteiger partial charge in [-0.1, -0.05) is 119 Å². The molecule has 2 atom stereocenters. The highest BCUT2D eigenvalue weighted by Gasteiger charge is 2.21. The number of ether oxygens (including phenoxy) is 2. The third-order valence-electron chi connectivity index (χ3n) is 7.96. The lowest BCUT2D eigenvalue weighted by Gasteiger charge is -2.28. The smallest absolute Gasteiger partial charge is 0.306 e. The Bertz CT molecular complexity index is 1140. The highest BCUT2D eigenvalue weighted by atomic mass is 31.2. The SMILES string of the molecule is CC/C=C/C/C=C/C/C=C/C/C=C/C/C=C/CCCC(=O)O[C@H](COC(=O)CCCCCCC/C=C/CCCCC)COP(=O)([O-])OCC[N+](C)(C)C. The van der Waals surface area contributed by atoms with Crippen molar-refractivity contribution in [2.75, 3.05) is 47.5 Å². The fourth-order valence-corrected chi connectivity index (χ4v) is 5.53. The summed E-state index contributed by atoms with van der Waals surface area (Å²) in [6, 6.07) is 0. The predicted octanol–water partition coefficient (Wildman–Crippen LogP) is 10.4. The quantitative estimate of drug-likeness (QED) is 0.0206. The van der Waals surface area contributed by atoms with Crippen molar-refractivity contribution in [3.8, 4) is 0 Å². The van der Waals surface area contributed by atoms with Crippen LogP contribution >= 0.6 is 7.82 Å². The summed E-state index contributed by atoms with van der Waals surface area (Å²) in [7, 11) is 1.11. The molecule has 10 heteroatoms. The zero-order valence-electron chi connectivity index (χ0n) is 33.9. The van der Waals surface area contributed by atoms with Crippen LogP contribution in [-0.4, -0.2) is 70.0 Å². The first-order valence-corrected chi connectivity index (χ1v) is 21.6. The molecule has 0 rings (SSSR count). The van der Waals surface area contributed by atoms with E-state index < -0.39 is 32.5 Å². The lowest BCUT2D eigenvalue weighted by Crippen LogP contribution is -2.37. The third kappa shape index (κ3) is 39.0. The predicted molar refractivity (Wildman–Crippen MR) is 217 cm³/mol. The normalized spacial score (nSPS) is 14.5. The number of hydrogen-bond donors (Lipinski definition) is 0. The molecule has 0 heterocycles. The third-order valence-corrected chi connectivity index (χ3v) is 8.92. The first-order valence-electron chi connectivity index (χ1n) is 20.1. The van der Waals surface area contributed by atoms with Crippen LogP contribution in [0.2, 0.25) is 0 Å². The fourth-order valence-electron chi connectivity index (χ4n) is 4.80. The van der Waals surface area contributed by atoms with Crippen LogP contribution in [0.3, 0.4) is 0 Å². The number of carbonyl (C=O) groups excluding carboxylic acids is 2. The number of unbranched alkanes of at least 4 members (excludes halogenated alkanes) is 9. The van der Waals surface area contributed by atoms with Gasteiger partial charge >= 0.3 is 11.9 Å². The maximum atomic E-state index is 12.6. The van der Waals surface area contributed by atoms with Crippen molar-refractivity contribution in [2.24, 2.45) is 0 Å². The molecule has 0 bridgehead atoms. The van der Waals surface area contributed by atoms with E-state index >= 15 is 0 Å². The monoisotopic (exact) mass is 764 g/mol. The molecule has 0 amide bonds. The minimum atomic E-state index is -4.64. The average molecular weight is 764 g/mol. The van der Waals surface area contributed by atoms with E-state index in [1.54, 1.807) is 0 Å². The van der Waals surface area contributed by atoms with E-state index in [1.807, 2.05) is 27.2 Å². The summed E-state index contributed by atoms with van der Waals surface area (Å²) in [6.45, 7) is 3.98. The van der Waals surface area contributed by atoms with Crippen molar-refractivity contribution in [2.45, 2.75) is 142 Å². The van der Waals surface area contributed by atoms with Crippen LogP contribution in [0.5, 0.6) is 0 Å². The van der Waals surface area contributed by atoms with Gasteiger partial charge in [-0.2, -0.15) is 0 Å². The fraction of sp³-hybridized carbons (Fsp3) is 0.674. The second-order valence-corrected chi connectivity index (χ2v) is 15.7. The van der Waals surface area contributed by atoms with Crippen LogP contribution in [0.4, 0.5) is 0 Å². The van der Waals surface area contributed by atoms with Crippen molar-refractivity contribution in [3.05, 3.63) is 72.9 Å². The molecule has 0 aromatic rings.